The summed E-state index contributed by atoms with van der Waals surface area (Å²) in [5.74, 6) is 2.25. The highest BCUT2D eigenvalue weighted by atomic mass is 28.4. The molecule has 0 aromatic carbocycles. The Hall–Kier alpha value is -1.49. The van der Waals surface area contributed by atoms with Crippen molar-refractivity contribution in [3.8, 4) is 6.01 Å². The van der Waals surface area contributed by atoms with Gasteiger partial charge in [-0.1, -0.05) is 97.9 Å². The van der Waals surface area contributed by atoms with Gasteiger partial charge in [0, 0.05) is 32.9 Å². The number of aromatic nitrogens is 3. The second-order valence-electron chi connectivity index (χ2n) is 8.28. The van der Waals surface area contributed by atoms with Gasteiger partial charge < -0.3 is 28.2 Å². The number of rotatable bonds is 20. The predicted octanol–water partition coefficient (Wildman–Crippen LogP) is 8.77. The molecule has 0 saturated heterocycles. The fourth-order valence-electron chi connectivity index (χ4n) is 3.84. The summed E-state index contributed by atoms with van der Waals surface area (Å²) >= 11 is 0. The van der Waals surface area contributed by atoms with Crippen LogP contribution in [0.25, 0.3) is 0 Å². The van der Waals surface area contributed by atoms with Crippen LogP contribution in [0.2, 0.25) is 0 Å². The van der Waals surface area contributed by atoms with Crippen LogP contribution in [0.1, 0.15) is 126 Å². The van der Waals surface area contributed by atoms with Crippen LogP contribution in [-0.2, 0) is 13.3 Å². The first-order valence-corrected chi connectivity index (χ1v) is 15.2. The van der Waals surface area contributed by atoms with Crippen molar-refractivity contribution in [2.24, 2.45) is 11.8 Å². The molecular formula is C30H73N5O4Si. The van der Waals surface area contributed by atoms with Crippen molar-refractivity contribution in [1.82, 2.24) is 15.0 Å². The van der Waals surface area contributed by atoms with Gasteiger partial charge >= 0.3 is 14.8 Å². The molecule has 0 saturated carbocycles. The van der Waals surface area contributed by atoms with Gasteiger partial charge in [-0.25, -0.2) is 0 Å². The minimum atomic E-state index is -2.90. The van der Waals surface area contributed by atoms with Crippen LogP contribution >= 0.6 is 0 Å². The van der Waals surface area contributed by atoms with E-state index >= 15 is 0 Å². The zero-order chi connectivity index (χ0) is 25.4. The highest BCUT2D eigenvalue weighted by Crippen LogP contribution is 2.22. The first kappa shape index (κ1) is 51.3. The van der Waals surface area contributed by atoms with Gasteiger partial charge in [0.1, 0.15) is 0 Å². The molecule has 0 fully saturated rings. The predicted molar refractivity (Wildman–Crippen MR) is 181 cm³/mol. The van der Waals surface area contributed by atoms with Gasteiger partial charge in [-0.05, 0) is 39.5 Å². The Balaban J connectivity index is -0.000000482. The van der Waals surface area contributed by atoms with Crippen LogP contribution in [0.5, 0.6) is 6.01 Å². The number of hydrogen-bond donors (Lipinski definition) is 1. The van der Waals surface area contributed by atoms with Crippen LogP contribution in [-0.4, -0.2) is 69.4 Å². The maximum atomic E-state index is 5.97. The van der Waals surface area contributed by atoms with Crippen molar-refractivity contribution < 1.29 is 18.0 Å². The van der Waals surface area contributed by atoms with Crippen molar-refractivity contribution in [2.75, 3.05) is 55.9 Å². The lowest BCUT2D eigenvalue weighted by Crippen LogP contribution is -2.52. The molecule has 10 heteroatoms. The molecule has 40 heavy (non-hydrogen) atoms. The van der Waals surface area contributed by atoms with Crippen LogP contribution in [0.4, 0.5) is 11.9 Å². The van der Waals surface area contributed by atoms with Crippen molar-refractivity contribution in [1.29, 1.82) is 0 Å². The number of nitrogens with one attached hydrogen (secondary N) is 1. The molecule has 0 atom stereocenters. The second-order valence-corrected chi connectivity index (χ2v) is 10.9. The summed E-state index contributed by atoms with van der Waals surface area (Å²) < 4.78 is 23.6. The van der Waals surface area contributed by atoms with Gasteiger partial charge in [-0.2, -0.15) is 15.0 Å². The molecule has 1 heterocycles. The fraction of sp³-hybridized carbons (Fsp3) is 0.900. The number of ether oxygens (including phenoxy) is 1. The summed E-state index contributed by atoms with van der Waals surface area (Å²) in [6, 6.07) is 0.325. The minimum Gasteiger partial charge on any atom is -0.464 e. The highest BCUT2D eigenvalue weighted by molar-refractivity contribution is 6.61. The Morgan fingerprint density at radius 3 is 1.40 bits per heavy atom. The molecular weight excluding hydrogens is 522 g/mol. The maximum Gasteiger partial charge on any atom is 0.521 e. The van der Waals surface area contributed by atoms with Crippen molar-refractivity contribution in [3.05, 3.63) is 0 Å². The maximum absolute atomic E-state index is 5.97. The molecule has 0 aliphatic rings. The molecule has 0 bridgehead atoms. The third-order valence-electron chi connectivity index (χ3n) is 5.98. The van der Waals surface area contributed by atoms with E-state index < -0.39 is 8.80 Å². The monoisotopic (exact) mass is 596 g/mol. The van der Waals surface area contributed by atoms with E-state index in [1.54, 1.807) is 0 Å². The molecule has 0 aliphatic heterocycles. The van der Waals surface area contributed by atoms with Gasteiger partial charge in [0.15, 0.2) is 0 Å². The third-order valence-corrected chi connectivity index (χ3v) is 8.78. The molecule has 9 nitrogen and oxygen atoms in total. The van der Waals surface area contributed by atoms with E-state index in [0.29, 0.717) is 62.3 Å². The first-order valence-electron chi connectivity index (χ1n) is 13.2. The van der Waals surface area contributed by atoms with E-state index in [4.69, 9.17) is 23.0 Å². The average Bonchev–Trinajstić information content (AvgIpc) is 2.84. The quantitative estimate of drug-likeness (QED) is 0.148. The summed E-state index contributed by atoms with van der Waals surface area (Å²) in [6.45, 7) is 20.6. The molecule has 0 aliphatic carbocycles. The second kappa shape index (κ2) is 29.0. The largest absolute Gasteiger partial charge is 0.521 e. The smallest absolute Gasteiger partial charge is 0.464 e. The highest BCUT2D eigenvalue weighted by Gasteiger charge is 2.41. The molecule has 0 amide bonds. The van der Waals surface area contributed by atoms with E-state index in [-0.39, 0.29) is 44.6 Å². The molecule has 246 valence electrons. The number of nitrogens with zero attached hydrogens (tertiary/aromatic N) is 4. The molecule has 1 aromatic heterocycles. The van der Waals surface area contributed by atoms with Gasteiger partial charge in [-0.15, -0.1) is 0 Å². The lowest BCUT2D eigenvalue weighted by molar-refractivity contribution is 0.0740. The SMILES string of the molecule is C.C.C.C.C.C.CCOc1nc(NC[Si](OCC)(OCC)OCC)nc(N(CC(CC)CC)CC(CC)CC)n1. The summed E-state index contributed by atoms with van der Waals surface area (Å²) in [5.41, 5.74) is 0. The number of hydrogen-bond acceptors (Lipinski definition) is 9. The topological polar surface area (TPSA) is 90.9 Å². The van der Waals surface area contributed by atoms with E-state index in [1.165, 1.54) is 0 Å². The lowest BCUT2D eigenvalue weighted by Gasteiger charge is -2.30. The third kappa shape index (κ3) is 17.3. The van der Waals surface area contributed by atoms with Gasteiger partial charge in [-0.3, -0.25) is 0 Å². The van der Waals surface area contributed by atoms with Crippen molar-refractivity contribution in [2.45, 2.75) is 126 Å². The van der Waals surface area contributed by atoms with E-state index in [1.807, 2.05) is 27.7 Å². The molecule has 1 aromatic rings. The summed E-state index contributed by atoms with van der Waals surface area (Å²) in [4.78, 5) is 16.3. The Morgan fingerprint density at radius 1 is 0.625 bits per heavy atom. The van der Waals surface area contributed by atoms with Crippen LogP contribution in [0, 0.1) is 11.8 Å². The Morgan fingerprint density at radius 2 is 1.05 bits per heavy atom. The number of anilines is 2. The van der Waals surface area contributed by atoms with Gasteiger partial charge in [0.05, 0.1) is 12.8 Å². The Bertz CT molecular complexity index is 634. The molecule has 0 spiro atoms. The summed E-state index contributed by atoms with van der Waals surface area (Å²) in [5, 5.41) is 3.31. The van der Waals surface area contributed by atoms with Gasteiger partial charge in [0.25, 0.3) is 0 Å². The molecule has 0 radical (unpaired) electrons. The van der Waals surface area contributed by atoms with Crippen LogP contribution < -0.4 is 15.0 Å². The zero-order valence-corrected chi connectivity index (χ0v) is 23.9. The Labute approximate surface area is 252 Å². The standard InChI is InChI=1S/C24H49N5O4Si.6CH4/c1-9-20(10-2)17-29(18-21(11-3)12-4)23-26-22(27-24(28-23)30-13-5)25-19-34(31-14-6,32-15-7)33-16-8;;;;;;/h20-21H,9-19H2,1-8H3,(H,25,26,27,28);6*1H4. The Kier molecular flexibility index (Phi) is 37.2. The molecule has 0 unspecified atom stereocenters. The van der Waals surface area contributed by atoms with E-state index in [2.05, 4.69) is 47.9 Å². The normalized spacial score (nSPS) is 10.2. The minimum absolute atomic E-state index is 0. The van der Waals surface area contributed by atoms with Crippen molar-refractivity contribution in [3.63, 3.8) is 0 Å². The van der Waals surface area contributed by atoms with Crippen molar-refractivity contribution >= 4 is 20.7 Å². The van der Waals surface area contributed by atoms with Gasteiger partial charge in [0.2, 0.25) is 11.9 Å². The van der Waals surface area contributed by atoms with E-state index in [9.17, 15) is 0 Å². The summed E-state index contributed by atoms with van der Waals surface area (Å²) in [6.07, 6.45) is 4.85. The molecule has 1 N–H and O–H groups in total. The first-order chi connectivity index (χ1) is 16.4. The van der Waals surface area contributed by atoms with Crippen LogP contribution in [0.3, 0.4) is 0 Å². The fourth-order valence-corrected chi connectivity index (χ4v) is 6.09. The zero-order valence-electron chi connectivity index (χ0n) is 22.9. The molecule has 1 rings (SSSR count). The average molecular weight is 596 g/mol. The lowest BCUT2D eigenvalue weighted by atomic mass is 10.00. The summed E-state index contributed by atoms with van der Waals surface area (Å²) in [7, 11) is -2.90. The van der Waals surface area contributed by atoms with Crippen LogP contribution in [0.15, 0.2) is 0 Å². The van der Waals surface area contributed by atoms with E-state index in [0.717, 1.165) is 38.8 Å².